The van der Waals surface area contributed by atoms with Crippen molar-refractivity contribution in [1.29, 1.82) is 0 Å². The molecule has 0 radical (unpaired) electrons. The summed E-state index contributed by atoms with van der Waals surface area (Å²) in [5, 5.41) is 1.71. The fourth-order valence-electron chi connectivity index (χ4n) is 2.21. The highest BCUT2D eigenvalue weighted by atomic mass is 35.5. The molecule has 0 fully saturated rings. The van der Waals surface area contributed by atoms with E-state index in [-0.39, 0.29) is 17.6 Å². The first kappa shape index (κ1) is 23.0. The van der Waals surface area contributed by atoms with E-state index in [0.29, 0.717) is 11.6 Å². The number of esters is 1. The number of halogens is 1. The van der Waals surface area contributed by atoms with Crippen molar-refractivity contribution in [1.82, 2.24) is 9.55 Å². The molecule has 2 aromatic rings. The molecule has 0 aliphatic heterocycles. The van der Waals surface area contributed by atoms with E-state index in [9.17, 15) is 4.79 Å². The van der Waals surface area contributed by atoms with Gasteiger partial charge in [0.2, 0.25) is 0 Å². The van der Waals surface area contributed by atoms with E-state index in [2.05, 4.69) is 33.9 Å². The summed E-state index contributed by atoms with van der Waals surface area (Å²) in [4.78, 5) is 17.0. The van der Waals surface area contributed by atoms with Gasteiger partial charge in [-0.3, -0.25) is 4.79 Å². The van der Waals surface area contributed by atoms with Crippen LogP contribution in [-0.4, -0.2) is 23.8 Å². The molecule has 0 saturated carbocycles. The monoisotopic (exact) mass is 440 g/mol. The number of aromatic nitrogens is 2. The van der Waals surface area contributed by atoms with E-state index in [1.54, 1.807) is 11.8 Å². The van der Waals surface area contributed by atoms with Crippen LogP contribution in [0.2, 0.25) is 23.2 Å². The van der Waals surface area contributed by atoms with Gasteiger partial charge in [0.15, 0.2) is 8.32 Å². The maximum absolute atomic E-state index is 11.3. The molecule has 0 spiro atoms. The second-order valence-electron chi connectivity index (χ2n) is 8.23. The molecular formula is C20H29ClN2O3SSi. The third kappa shape index (κ3) is 5.86. The molecule has 0 N–H and O–H groups in total. The Labute approximate surface area is 177 Å². The minimum Gasteiger partial charge on any atom is -0.459 e. The van der Waals surface area contributed by atoms with Gasteiger partial charge in [-0.2, -0.15) is 0 Å². The Balaban J connectivity index is 2.30. The van der Waals surface area contributed by atoms with Crippen LogP contribution in [-0.2, 0) is 34.2 Å². The van der Waals surface area contributed by atoms with Crippen molar-refractivity contribution in [2.24, 2.45) is 7.05 Å². The maximum Gasteiger partial charge on any atom is 0.303 e. The highest BCUT2D eigenvalue weighted by molar-refractivity contribution is 7.99. The van der Waals surface area contributed by atoms with Gasteiger partial charge < -0.3 is 13.7 Å². The third-order valence-corrected chi connectivity index (χ3v) is 10.9. The van der Waals surface area contributed by atoms with Gasteiger partial charge in [-0.15, -0.1) is 0 Å². The van der Waals surface area contributed by atoms with Crippen molar-refractivity contribution < 1.29 is 14.0 Å². The van der Waals surface area contributed by atoms with E-state index in [0.717, 1.165) is 21.4 Å². The average Bonchev–Trinajstić information content (AvgIpc) is 2.86. The molecule has 5 nitrogen and oxygen atoms in total. The first-order chi connectivity index (χ1) is 12.9. The molecular weight excluding hydrogens is 412 g/mol. The number of hydrogen-bond donors (Lipinski definition) is 0. The van der Waals surface area contributed by atoms with Crippen LogP contribution in [0.4, 0.5) is 0 Å². The van der Waals surface area contributed by atoms with Crippen LogP contribution in [0.1, 0.15) is 39.2 Å². The van der Waals surface area contributed by atoms with Crippen LogP contribution in [0, 0.1) is 0 Å². The molecule has 1 heterocycles. The summed E-state index contributed by atoms with van der Waals surface area (Å²) in [6.07, 6.45) is 0. The van der Waals surface area contributed by atoms with Gasteiger partial charge in [-0.1, -0.05) is 50.2 Å². The Morgan fingerprint density at radius 2 is 1.96 bits per heavy atom. The Hall–Kier alpha value is -1.28. The molecule has 0 unspecified atom stereocenters. The number of carbonyl (C=O) groups excluding carboxylic acids is 1. The Morgan fingerprint density at radius 3 is 2.54 bits per heavy atom. The summed E-state index contributed by atoms with van der Waals surface area (Å²) in [6, 6.07) is 7.65. The lowest BCUT2D eigenvalue weighted by molar-refractivity contribution is -0.142. The Kier molecular flexibility index (Phi) is 7.42. The van der Waals surface area contributed by atoms with Crippen molar-refractivity contribution in [3.05, 3.63) is 40.8 Å². The maximum atomic E-state index is 11.3. The van der Waals surface area contributed by atoms with E-state index in [4.69, 9.17) is 25.7 Å². The SMILES string of the molecule is CC(=O)OCc1nc(CO[Si](C)(C)C(C)(C)C)n(C)c1Sc1cccc(Cl)c1. The number of nitrogens with zero attached hydrogens (tertiary/aromatic N) is 2. The van der Waals surface area contributed by atoms with E-state index in [1.165, 1.54) is 6.92 Å². The van der Waals surface area contributed by atoms with Crippen LogP contribution in [0.25, 0.3) is 0 Å². The van der Waals surface area contributed by atoms with Crippen LogP contribution in [0.15, 0.2) is 34.2 Å². The average molecular weight is 441 g/mol. The fourth-order valence-corrected chi connectivity index (χ4v) is 4.41. The van der Waals surface area contributed by atoms with Gasteiger partial charge in [0.05, 0.1) is 6.61 Å². The number of imidazole rings is 1. The number of ether oxygens (including phenoxy) is 1. The Bertz CT molecular complexity index is 846. The fraction of sp³-hybridized carbons (Fsp3) is 0.500. The number of carbonyl (C=O) groups is 1. The molecule has 8 heteroatoms. The highest BCUT2D eigenvalue weighted by Gasteiger charge is 2.37. The predicted molar refractivity (Wildman–Crippen MR) is 116 cm³/mol. The zero-order valence-electron chi connectivity index (χ0n) is 17.6. The predicted octanol–water partition coefficient (Wildman–Crippen LogP) is 5.81. The molecule has 0 aliphatic rings. The lowest BCUT2D eigenvalue weighted by Gasteiger charge is -2.36. The number of hydrogen-bond acceptors (Lipinski definition) is 5. The summed E-state index contributed by atoms with van der Waals surface area (Å²) in [5.74, 6) is 0.486. The molecule has 0 saturated heterocycles. The molecule has 28 heavy (non-hydrogen) atoms. The zero-order chi connectivity index (χ0) is 21.1. The third-order valence-electron chi connectivity index (χ3n) is 4.99. The van der Waals surface area contributed by atoms with Gasteiger partial charge in [0, 0.05) is 23.9 Å². The number of rotatable bonds is 7. The van der Waals surface area contributed by atoms with Crippen LogP contribution in [0.3, 0.4) is 0 Å². The largest absolute Gasteiger partial charge is 0.459 e. The number of benzene rings is 1. The standard InChI is InChI=1S/C20H29ClN2O3SSi/c1-14(24)25-12-17-19(27-16-10-8-9-15(21)11-16)23(5)18(22-17)13-26-28(6,7)20(2,3)4/h8-11H,12-13H2,1-7H3. The van der Waals surface area contributed by atoms with Gasteiger partial charge in [-0.25, -0.2) is 4.98 Å². The molecule has 0 bridgehead atoms. The molecule has 154 valence electrons. The van der Waals surface area contributed by atoms with Gasteiger partial charge in [0.1, 0.15) is 23.2 Å². The van der Waals surface area contributed by atoms with E-state index < -0.39 is 8.32 Å². The zero-order valence-corrected chi connectivity index (χ0v) is 20.2. The summed E-state index contributed by atoms with van der Waals surface area (Å²) in [7, 11) is 0.0602. The van der Waals surface area contributed by atoms with Crippen molar-refractivity contribution >= 4 is 37.6 Å². The highest BCUT2D eigenvalue weighted by Crippen LogP contribution is 2.38. The van der Waals surface area contributed by atoms with E-state index >= 15 is 0 Å². The topological polar surface area (TPSA) is 53.4 Å². The second kappa shape index (κ2) is 9.03. The molecule has 0 aliphatic carbocycles. The van der Waals surface area contributed by atoms with Crippen molar-refractivity contribution in [2.45, 2.75) is 69.0 Å². The smallest absolute Gasteiger partial charge is 0.303 e. The summed E-state index contributed by atoms with van der Waals surface area (Å²) in [5.41, 5.74) is 0.719. The Morgan fingerprint density at radius 1 is 1.29 bits per heavy atom. The van der Waals surface area contributed by atoms with Crippen molar-refractivity contribution in [2.75, 3.05) is 0 Å². The van der Waals surface area contributed by atoms with Crippen LogP contribution in [0.5, 0.6) is 0 Å². The first-order valence-electron chi connectivity index (χ1n) is 9.16. The second-order valence-corrected chi connectivity index (χ2v) is 14.5. The first-order valence-corrected chi connectivity index (χ1v) is 13.3. The summed E-state index contributed by atoms with van der Waals surface area (Å²) in [6.45, 7) is 13.0. The van der Waals surface area contributed by atoms with Crippen molar-refractivity contribution in [3.8, 4) is 0 Å². The normalized spacial score (nSPS) is 12.3. The molecule has 2 rings (SSSR count). The molecule has 1 aromatic carbocycles. The van der Waals surface area contributed by atoms with Gasteiger partial charge in [0.25, 0.3) is 0 Å². The van der Waals surface area contributed by atoms with E-state index in [1.807, 2.05) is 35.9 Å². The summed E-state index contributed by atoms with van der Waals surface area (Å²) < 4.78 is 13.6. The van der Waals surface area contributed by atoms with Gasteiger partial charge >= 0.3 is 5.97 Å². The lowest BCUT2D eigenvalue weighted by Crippen LogP contribution is -2.40. The summed E-state index contributed by atoms with van der Waals surface area (Å²) >= 11 is 7.67. The molecule has 0 atom stereocenters. The molecule has 1 aromatic heterocycles. The van der Waals surface area contributed by atoms with Gasteiger partial charge in [-0.05, 0) is 36.3 Å². The van der Waals surface area contributed by atoms with Crippen LogP contribution < -0.4 is 0 Å². The van der Waals surface area contributed by atoms with Crippen molar-refractivity contribution in [3.63, 3.8) is 0 Å². The van der Waals surface area contributed by atoms with Crippen LogP contribution >= 0.6 is 23.4 Å². The quantitative estimate of drug-likeness (QED) is 0.401. The lowest BCUT2D eigenvalue weighted by atomic mass is 10.2. The minimum absolute atomic E-state index is 0.122. The molecule has 0 amide bonds. The minimum atomic E-state index is -1.90.